The average Bonchev–Trinajstić information content (AvgIpc) is 2.68. The largest absolute Gasteiger partial charge is 0.271 e. The summed E-state index contributed by atoms with van der Waals surface area (Å²) in [6.07, 6.45) is 7.19. The van der Waals surface area contributed by atoms with E-state index in [-0.39, 0.29) is 6.04 Å². The monoisotopic (exact) mass is 242 g/mol. The van der Waals surface area contributed by atoms with Gasteiger partial charge in [-0.15, -0.1) is 11.3 Å². The summed E-state index contributed by atoms with van der Waals surface area (Å²) in [5, 5.41) is 0. The molecule has 0 radical (unpaired) electrons. The summed E-state index contributed by atoms with van der Waals surface area (Å²) in [6, 6.07) is 4.13. The molecule has 0 saturated carbocycles. The number of nitrogens with one attached hydrogen (secondary N) is 1. The third-order valence-electron chi connectivity index (χ3n) is 2.74. The Kier molecular flexibility index (Phi) is 3.81. The fourth-order valence-electron chi connectivity index (χ4n) is 1.98. The van der Waals surface area contributed by atoms with Crippen LogP contribution in [0.25, 0.3) is 0 Å². The van der Waals surface area contributed by atoms with Crippen molar-refractivity contribution < 1.29 is 0 Å². The summed E-state index contributed by atoms with van der Waals surface area (Å²) < 4.78 is 0.821. The van der Waals surface area contributed by atoms with Gasteiger partial charge in [0.25, 0.3) is 0 Å². The van der Waals surface area contributed by atoms with Gasteiger partial charge in [0.2, 0.25) is 0 Å². The zero-order valence-electron chi connectivity index (χ0n) is 8.50. The Morgan fingerprint density at radius 1 is 1.40 bits per heavy atom. The van der Waals surface area contributed by atoms with Gasteiger partial charge in [-0.25, -0.2) is 5.43 Å². The molecule has 1 heterocycles. The first-order chi connectivity index (χ1) is 7.31. The molecule has 2 nitrogen and oxygen atoms in total. The van der Waals surface area contributed by atoms with Gasteiger partial charge in [-0.05, 0) is 37.8 Å². The molecule has 1 aromatic heterocycles. The Hall–Kier alpha value is -0.350. The molecule has 4 heteroatoms. The third kappa shape index (κ3) is 2.61. The fourth-order valence-corrected chi connectivity index (χ4v) is 3.15. The van der Waals surface area contributed by atoms with Crippen LogP contribution in [-0.2, 0) is 0 Å². The molecular formula is C11H15ClN2S. The SMILES string of the molecule is NNC(C1=CCCCC1)c1ccc(Cl)s1. The zero-order valence-corrected chi connectivity index (χ0v) is 10.1. The lowest BCUT2D eigenvalue weighted by atomic mass is 9.93. The van der Waals surface area contributed by atoms with Crippen LogP contribution in [0.15, 0.2) is 23.8 Å². The van der Waals surface area contributed by atoms with Gasteiger partial charge in [-0.3, -0.25) is 5.84 Å². The van der Waals surface area contributed by atoms with E-state index in [1.165, 1.54) is 29.7 Å². The van der Waals surface area contributed by atoms with Crippen molar-refractivity contribution in [2.75, 3.05) is 0 Å². The minimum Gasteiger partial charge on any atom is -0.271 e. The second-order valence-electron chi connectivity index (χ2n) is 3.77. The number of nitrogens with two attached hydrogens (primary N) is 1. The molecule has 0 bridgehead atoms. The van der Waals surface area contributed by atoms with Gasteiger partial charge in [0.1, 0.15) is 0 Å². The Morgan fingerprint density at radius 3 is 2.80 bits per heavy atom. The topological polar surface area (TPSA) is 38.0 Å². The first-order valence-corrected chi connectivity index (χ1v) is 6.41. The number of allylic oxidation sites excluding steroid dienone is 1. The van der Waals surface area contributed by atoms with Crippen LogP contribution in [0.2, 0.25) is 4.34 Å². The second-order valence-corrected chi connectivity index (χ2v) is 5.51. The summed E-state index contributed by atoms with van der Waals surface area (Å²) in [6.45, 7) is 0. The molecule has 1 aliphatic carbocycles. The maximum Gasteiger partial charge on any atom is 0.0931 e. The Labute approximate surface area is 99.1 Å². The standard InChI is InChI=1S/C11H15ClN2S/c12-10-7-6-9(15-10)11(14-13)8-4-2-1-3-5-8/h4,6-7,11,14H,1-3,5,13H2. The quantitative estimate of drug-likeness (QED) is 0.484. The van der Waals surface area contributed by atoms with Gasteiger partial charge in [0.15, 0.2) is 0 Å². The van der Waals surface area contributed by atoms with Crippen LogP contribution < -0.4 is 11.3 Å². The molecule has 1 aromatic rings. The highest BCUT2D eigenvalue weighted by Gasteiger charge is 2.18. The normalized spacial score (nSPS) is 18.7. The Morgan fingerprint density at radius 2 is 2.27 bits per heavy atom. The van der Waals surface area contributed by atoms with Crippen LogP contribution in [0.5, 0.6) is 0 Å². The predicted octanol–water partition coefficient (Wildman–Crippen LogP) is 3.41. The lowest BCUT2D eigenvalue weighted by molar-refractivity contribution is 0.572. The van der Waals surface area contributed by atoms with E-state index in [2.05, 4.69) is 11.5 Å². The van der Waals surface area contributed by atoms with Crippen LogP contribution >= 0.6 is 22.9 Å². The Bertz CT molecular complexity index is 359. The lowest BCUT2D eigenvalue weighted by Gasteiger charge is -2.21. The smallest absolute Gasteiger partial charge is 0.0931 e. The van der Waals surface area contributed by atoms with Gasteiger partial charge >= 0.3 is 0 Å². The van der Waals surface area contributed by atoms with Crippen LogP contribution in [0.3, 0.4) is 0 Å². The molecule has 2 rings (SSSR count). The van der Waals surface area contributed by atoms with Gasteiger partial charge < -0.3 is 0 Å². The minimum absolute atomic E-state index is 0.155. The molecule has 82 valence electrons. The molecule has 0 fully saturated rings. The van der Waals surface area contributed by atoms with Crippen molar-refractivity contribution in [1.82, 2.24) is 5.43 Å². The fraction of sp³-hybridized carbons (Fsp3) is 0.455. The number of hydrazine groups is 1. The van der Waals surface area contributed by atoms with Crippen molar-refractivity contribution in [3.05, 3.63) is 33.0 Å². The maximum atomic E-state index is 5.93. The van der Waals surface area contributed by atoms with Gasteiger partial charge in [0, 0.05) is 4.88 Å². The molecule has 0 aromatic carbocycles. The number of halogens is 1. The molecule has 1 atom stereocenters. The van der Waals surface area contributed by atoms with E-state index < -0.39 is 0 Å². The lowest BCUT2D eigenvalue weighted by Crippen LogP contribution is -2.29. The summed E-state index contributed by atoms with van der Waals surface area (Å²) in [5.41, 5.74) is 4.29. The third-order valence-corrected chi connectivity index (χ3v) is 4.04. The average molecular weight is 243 g/mol. The van der Waals surface area contributed by atoms with E-state index >= 15 is 0 Å². The number of thiophene rings is 1. The van der Waals surface area contributed by atoms with Crippen molar-refractivity contribution in [3.63, 3.8) is 0 Å². The van der Waals surface area contributed by atoms with Crippen molar-refractivity contribution >= 4 is 22.9 Å². The van der Waals surface area contributed by atoms with Gasteiger partial charge in [0.05, 0.1) is 10.4 Å². The van der Waals surface area contributed by atoms with E-state index in [1.54, 1.807) is 11.3 Å². The first-order valence-electron chi connectivity index (χ1n) is 5.21. The highest BCUT2D eigenvalue weighted by Crippen LogP contribution is 2.34. The Balaban J connectivity index is 2.19. The van der Waals surface area contributed by atoms with E-state index in [4.69, 9.17) is 17.4 Å². The highest BCUT2D eigenvalue weighted by atomic mass is 35.5. The van der Waals surface area contributed by atoms with Crippen LogP contribution in [0, 0.1) is 0 Å². The van der Waals surface area contributed by atoms with Gasteiger partial charge in [-0.1, -0.05) is 23.3 Å². The van der Waals surface area contributed by atoms with Gasteiger partial charge in [-0.2, -0.15) is 0 Å². The zero-order chi connectivity index (χ0) is 10.7. The molecule has 0 saturated heterocycles. The summed E-state index contributed by atoms with van der Waals surface area (Å²) in [4.78, 5) is 1.20. The molecule has 0 amide bonds. The molecule has 0 spiro atoms. The van der Waals surface area contributed by atoms with Crippen molar-refractivity contribution in [3.8, 4) is 0 Å². The van der Waals surface area contributed by atoms with E-state index in [0.29, 0.717) is 0 Å². The first kappa shape index (κ1) is 11.1. The van der Waals surface area contributed by atoms with Crippen molar-refractivity contribution in [2.45, 2.75) is 31.7 Å². The number of rotatable bonds is 3. The van der Waals surface area contributed by atoms with Crippen LogP contribution in [0.1, 0.15) is 36.6 Å². The minimum atomic E-state index is 0.155. The summed E-state index contributed by atoms with van der Waals surface area (Å²) >= 11 is 7.53. The molecule has 3 N–H and O–H groups in total. The van der Waals surface area contributed by atoms with E-state index in [1.807, 2.05) is 12.1 Å². The molecule has 0 aliphatic heterocycles. The van der Waals surface area contributed by atoms with E-state index in [0.717, 1.165) is 10.8 Å². The molecule has 1 unspecified atom stereocenters. The predicted molar refractivity (Wildman–Crippen MR) is 65.9 cm³/mol. The molecule has 15 heavy (non-hydrogen) atoms. The number of hydrogen-bond donors (Lipinski definition) is 2. The van der Waals surface area contributed by atoms with Crippen LogP contribution in [-0.4, -0.2) is 0 Å². The number of hydrogen-bond acceptors (Lipinski definition) is 3. The highest BCUT2D eigenvalue weighted by molar-refractivity contribution is 7.16. The molecule has 1 aliphatic rings. The van der Waals surface area contributed by atoms with Crippen molar-refractivity contribution in [2.24, 2.45) is 5.84 Å². The maximum absolute atomic E-state index is 5.93. The summed E-state index contributed by atoms with van der Waals surface area (Å²) in [5.74, 6) is 5.62. The van der Waals surface area contributed by atoms with E-state index in [9.17, 15) is 0 Å². The second kappa shape index (κ2) is 5.12. The van der Waals surface area contributed by atoms with Crippen molar-refractivity contribution in [1.29, 1.82) is 0 Å². The summed E-state index contributed by atoms with van der Waals surface area (Å²) in [7, 11) is 0. The molecular weight excluding hydrogens is 228 g/mol. The van der Waals surface area contributed by atoms with Crippen LogP contribution in [0.4, 0.5) is 0 Å².